The Morgan fingerprint density at radius 3 is 2.56 bits per heavy atom. The third kappa shape index (κ3) is 2.42. The molecule has 94 valence electrons. The highest BCUT2D eigenvalue weighted by Gasteiger charge is 2.34. The molecule has 0 spiro atoms. The Labute approximate surface area is 110 Å². The number of rotatable bonds is 2. The standard InChI is InChI=1S/C12H6ClF3OS/c13-11-2-1-7(3-8(11)4-17)9-5-18-6-10(9)12(14,15)16/h1-6H. The van der Waals surface area contributed by atoms with Gasteiger partial charge in [0.25, 0.3) is 0 Å². The lowest BCUT2D eigenvalue weighted by atomic mass is 10.0. The van der Waals surface area contributed by atoms with E-state index in [1.165, 1.54) is 23.6 Å². The van der Waals surface area contributed by atoms with Crippen molar-refractivity contribution in [3.63, 3.8) is 0 Å². The Morgan fingerprint density at radius 2 is 1.94 bits per heavy atom. The molecule has 0 amide bonds. The molecule has 0 aliphatic carbocycles. The fraction of sp³-hybridized carbons (Fsp3) is 0.0833. The monoisotopic (exact) mass is 290 g/mol. The number of hydrogen-bond donors (Lipinski definition) is 0. The van der Waals surface area contributed by atoms with E-state index in [1.807, 2.05) is 0 Å². The summed E-state index contributed by atoms with van der Waals surface area (Å²) in [4.78, 5) is 10.7. The minimum absolute atomic E-state index is 0.0623. The van der Waals surface area contributed by atoms with Crippen molar-refractivity contribution >= 4 is 29.2 Å². The van der Waals surface area contributed by atoms with Gasteiger partial charge in [-0.1, -0.05) is 17.7 Å². The van der Waals surface area contributed by atoms with Gasteiger partial charge in [-0.05, 0) is 23.1 Å². The summed E-state index contributed by atoms with van der Waals surface area (Å²) in [7, 11) is 0. The van der Waals surface area contributed by atoms with Gasteiger partial charge >= 0.3 is 6.18 Å². The lowest BCUT2D eigenvalue weighted by Gasteiger charge is -2.09. The zero-order chi connectivity index (χ0) is 13.3. The summed E-state index contributed by atoms with van der Waals surface area (Å²) < 4.78 is 38.2. The summed E-state index contributed by atoms with van der Waals surface area (Å²) in [6.45, 7) is 0. The minimum Gasteiger partial charge on any atom is -0.298 e. The van der Waals surface area contributed by atoms with Crippen molar-refractivity contribution in [3.8, 4) is 11.1 Å². The summed E-state index contributed by atoms with van der Waals surface area (Å²) in [5.41, 5.74) is -0.137. The van der Waals surface area contributed by atoms with Gasteiger partial charge < -0.3 is 0 Å². The van der Waals surface area contributed by atoms with Crippen LogP contribution in [0.1, 0.15) is 15.9 Å². The molecule has 1 aromatic heterocycles. The average molecular weight is 291 g/mol. The van der Waals surface area contributed by atoms with Gasteiger partial charge in [-0.15, -0.1) is 0 Å². The first kappa shape index (κ1) is 13.1. The second-order valence-corrected chi connectivity index (χ2v) is 4.70. The molecular formula is C12H6ClF3OS. The van der Waals surface area contributed by atoms with Crippen LogP contribution in [0.3, 0.4) is 0 Å². The van der Waals surface area contributed by atoms with E-state index in [0.717, 1.165) is 16.7 Å². The normalized spacial score (nSPS) is 11.6. The van der Waals surface area contributed by atoms with Crippen molar-refractivity contribution < 1.29 is 18.0 Å². The van der Waals surface area contributed by atoms with Gasteiger partial charge in [-0.3, -0.25) is 4.79 Å². The van der Waals surface area contributed by atoms with Crippen LogP contribution < -0.4 is 0 Å². The number of thiophene rings is 1. The number of carbonyl (C=O) groups is 1. The largest absolute Gasteiger partial charge is 0.417 e. The number of hydrogen-bond acceptors (Lipinski definition) is 2. The van der Waals surface area contributed by atoms with Crippen molar-refractivity contribution in [3.05, 3.63) is 45.1 Å². The van der Waals surface area contributed by atoms with Crippen molar-refractivity contribution in [2.45, 2.75) is 6.18 Å². The third-order valence-electron chi connectivity index (χ3n) is 2.40. The molecule has 0 saturated carbocycles. The zero-order valence-electron chi connectivity index (χ0n) is 8.79. The van der Waals surface area contributed by atoms with Crippen LogP contribution in [0.5, 0.6) is 0 Å². The van der Waals surface area contributed by atoms with Gasteiger partial charge in [0.05, 0.1) is 10.6 Å². The van der Waals surface area contributed by atoms with E-state index >= 15 is 0 Å². The van der Waals surface area contributed by atoms with Crippen LogP contribution in [0, 0.1) is 0 Å². The van der Waals surface area contributed by atoms with Gasteiger partial charge in [0.15, 0.2) is 6.29 Å². The maximum absolute atomic E-state index is 12.7. The molecule has 0 radical (unpaired) electrons. The number of alkyl halides is 3. The predicted molar refractivity (Wildman–Crippen MR) is 65.2 cm³/mol. The van der Waals surface area contributed by atoms with E-state index in [9.17, 15) is 18.0 Å². The molecule has 0 unspecified atom stereocenters. The molecule has 1 aromatic carbocycles. The van der Waals surface area contributed by atoms with Crippen molar-refractivity contribution in [1.29, 1.82) is 0 Å². The summed E-state index contributed by atoms with van der Waals surface area (Å²) in [6.07, 6.45) is -3.89. The highest BCUT2D eigenvalue weighted by Crippen LogP contribution is 2.39. The third-order valence-corrected chi connectivity index (χ3v) is 3.49. The summed E-state index contributed by atoms with van der Waals surface area (Å²) in [5, 5.41) is 2.67. The molecule has 0 aliphatic heterocycles. The van der Waals surface area contributed by atoms with E-state index in [0.29, 0.717) is 11.8 Å². The lowest BCUT2D eigenvalue weighted by Crippen LogP contribution is -2.04. The van der Waals surface area contributed by atoms with Crippen LogP contribution in [-0.2, 0) is 6.18 Å². The fourth-order valence-electron chi connectivity index (χ4n) is 1.54. The van der Waals surface area contributed by atoms with Crippen LogP contribution >= 0.6 is 22.9 Å². The first-order valence-corrected chi connectivity index (χ1v) is 6.14. The fourth-order valence-corrected chi connectivity index (χ4v) is 2.57. The van der Waals surface area contributed by atoms with E-state index < -0.39 is 11.7 Å². The van der Waals surface area contributed by atoms with Crippen LogP contribution in [0.2, 0.25) is 5.02 Å². The summed E-state index contributed by atoms with van der Waals surface area (Å²) in [6, 6.07) is 4.23. The molecule has 1 heterocycles. The van der Waals surface area contributed by atoms with Gasteiger partial charge in [0.1, 0.15) is 0 Å². The molecule has 0 saturated heterocycles. The first-order chi connectivity index (χ1) is 8.43. The predicted octanol–water partition coefficient (Wildman–Crippen LogP) is 4.90. The molecule has 18 heavy (non-hydrogen) atoms. The molecule has 1 nitrogen and oxygen atoms in total. The topological polar surface area (TPSA) is 17.1 Å². The smallest absolute Gasteiger partial charge is 0.298 e. The number of carbonyl (C=O) groups excluding carboxylic acids is 1. The molecule has 2 aromatic rings. The van der Waals surface area contributed by atoms with Crippen molar-refractivity contribution in [2.24, 2.45) is 0 Å². The highest BCUT2D eigenvalue weighted by molar-refractivity contribution is 7.08. The summed E-state index contributed by atoms with van der Waals surface area (Å²) in [5.74, 6) is 0. The highest BCUT2D eigenvalue weighted by atomic mass is 35.5. The molecule has 6 heteroatoms. The van der Waals surface area contributed by atoms with E-state index in [2.05, 4.69) is 0 Å². The van der Waals surface area contributed by atoms with E-state index in [-0.39, 0.29) is 16.1 Å². The Hall–Kier alpha value is -1.33. The minimum atomic E-state index is -4.41. The Balaban J connectivity index is 2.56. The van der Waals surface area contributed by atoms with Crippen molar-refractivity contribution in [1.82, 2.24) is 0 Å². The molecule has 0 fully saturated rings. The molecular weight excluding hydrogens is 285 g/mol. The van der Waals surface area contributed by atoms with Crippen molar-refractivity contribution in [2.75, 3.05) is 0 Å². The lowest BCUT2D eigenvalue weighted by molar-refractivity contribution is -0.136. The maximum Gasteiger partial charge on any atom is 0.417 e. The van der Waals surface area contributed by atoms with Gasteiger partial charge in [0.2, 0.25) is 0 Å². The van der Waals surface area contributed by atoms with E-state index in [1.54, 1.807) is 0 Å². The van der Waals surface area contributed by atoms with Gasteiger partial charge in [-0.25, -0.2) is 0 Å². The molecule has 0 aliphatic rings. The Morgan fingerprint density at radius 1 is 1.22 bits per heavy atom. The zero-order valence-corrected chi connectivity index (χ0v) is 10.4. The first-order valence-electron chi connectivity index (χ1n) is 4.82. The summed E-state index contributed by atoms with van der Waals surface area (Å²) >= 11 is 6.70. The molecule has 0 atom stereocenters. The number of halogens is 4. The van der Waals surface area contributed by atoms with E-state index in [4.69, 9.17) is 11.6 Å². The maximum atomic E-state index is 12.7. The second-order valence-electron chi connectivity index (χ2n) is 3.55. The SMILES string of the molecule is O=Cc1cc(-c2cscc2C(F)(F)F)ccc1Cl. The van der Waals surface area contributed by atoms with Crippen LogP contribution in [-0.4, -0.2) is 6.29 Å². The quantitative estimate of drug-likeness (QED) is 0.719. The number of aldehydes is 1. The van der Waals surface area contributed by atoms with Crippen LogP contribution in [0.4, 0.5) is 13.2 Å². The Kier molecular flexibility index (Phi) is 3.45. The molecule has 0 N–H and O–H groups in total. The second kappa shape index (κ2) is 4.74. The number of benzene rings is 1. The van der Waals surface area contributed by atoms with Crippen LogP contribution in [0.15, 0.2) is 29.0 Å². The van der Waals surface area contributed by atoms with Gasteiger partial charge in [0, 0.05) is 16.5 Å². The Bertz CT molecular complexity index is 589. The molecule has 0 bridgehead atoms. The van der Waals surface area contributed by atoms with Crippen LogP contribution in [0.25, 0.3) is 11.1 Å². The molecule has 2 rings (SSSR count). The van der Waals surface area contributed by atoms with Gasteiger partial charge in [-0.2, -0.15) is 24.5 Å². The average Bonchev–Trinajstić information content (AvgIpc) is 2.78.